The number of aromatic nitrogens is 2. The van der Waals surface area contributed by atoms with Gasteiger partial charge >= 0.3 is 0 Å². The van der Waals surface area contributed by atoms with E-state index in [0.29, 0.717) is 18.2 Å². The van der Waals surface area contributed by atoms with Crippen molar-refractivity contribution in [2.75, 3.05) is 6.54 Å². The van der Waals surface area contributed by atoms with E-state index in [1.165, 1.54) is 18.4 Å². The van der Waals surface area contributed by atoms with E-state index in [1.807, 2.05) is 24.1 Å². The summed E-state index contributed by atoms with van der Waals surface area (Å²) in [7, 11) is 1.94. The second-order valence-electron chi connectivity index (χ2n) is 5.69. The summed E-state index contributed by atoms with van der Waals surface area (Å²) in [4.78, 5) is 4.55. The first kappa shape index (κ1) is 11.3. The van der Waals surface area contributed by atoms with Crippen molar-refractivity contribution in [3.05, 3.63) is 18.0 Å². The monoisotopic (exact) mass is 261 g/mol. The molecule has 0 saturated carbocycles. The Morgan fingerprint density at radius 2 is 2.42 bits per heavy atom. The number of aryl methyl sites for hydroxylation is 1. The van der Waals surface area contributed by atoms with Gasteiger partial charge in [-0.3, -0.25) is 9.67 Å². The molecule has 1 unspecified atom stereocenters. The topological polar surface area (TPSA) is 63.5 Å². The minimum absolute atomic E-state index is 0.246. The fourth-order valence-corrected chi connectivity index (χ4v) is 3.30. The highest BCUT2D eigenvalue weighted by atomic mass is 16.5. The summed E-state index contributed by atoms with van der Waals surface area (Å²) in [6.07, 6.45) is 8.31. The molecule has 6 nitrogen and oxygen atoms in total. The molecule has 1 aromatic rings. The quantitative estimate of drug-likeness (QED) is 0.805. The molecule has 19 heavy (non-hydrogen) atoms. The molecule has 0 spiro atoms. The molecule has 2 N–H and O–H groups in total. The lowest BCUT2D eigenvalue weighted by molar-refractivity contribution is 0.0992. The lowest BCUT2D eigenvalue weighted by Crippen LogP contribution is -2.46. The largest absolute Gasteiger partial charge is 0.373 e. The first-order valence-electron chi connectivity index (χ1n) is 6.99. The fourth-order valence-electron chi connectivity index (χ4n) is 3.30. The van der Waals surface area contributed by atoms with Crippen molar-refractivity contribution in [1.29, 1.82) is 0 Å². The molecule has 2 fully saturated rings. The van der Waals surface area contributed by atoms with Crippen molar-refractivity contribution in [2.24, 2.45) is 12.0 Å². The van der Waals surface area contributed by atoms with Crippen molar-refractivity contribution < 1.29 is 4.74 Å². The van der Waals surface area contributed by atoms with Gasteiger partial charge in [0.2, 0.25) is 0 Å². The van der Waals surface area contributed by atoms with E-state index in [1.54, 1.807) is 0 Å². The molecule has 1 aromatic heterocycles. The highest BCUT2D eigenvalue weighted by Gasteiger charge is 2.41. The van der Waals surface area contributed by atoms with Crippen molar-refractivity contribution in [2.45, 2.75) is 43.6 Å². The van der Waals surface area contributed by atoms with Gasteiger partial charge in [0.25, 0.3) is 0 Å². The van der Waals surface area contributed by atoms with E-state index in [0.717, 1.165) is 18.9 Å². The van der Waals surface area contributed by atoms with Crippen LogP contribution >= 0.6 is 0 Å². The van der Waals surface area contributed by atoms with Gasteiger partial charge in [-0.25, -0.2) is 0 Å². The first-order valence-corrected chi connectivity index (χ1v) is 6.99. The number of rotatable bonds is 2. The third-order valence-corrected chi connectivity index (χ3v) is 4.30. The van der Waals surface area contributed by atoms with Crippen LogP contribution in [0.4, 0.5) is 0 Å². The van der Waals surface area contributed by atoms with Crippen LogP contribution in [-0.2, 0) is 11.8 Å². The first-order chi connectivity index (χ1) is 9.28. The molecule has 3 aliphatic heterocycles. The van der Waals surface area contributed by atoms with Crippen LogP contribution in [0.15, 0.2) is 17.4 Å². The van der Waals surface area contributed by atoms with Crippen LogP contribution in [0.25, 0.3) is 0 Å². The number of ether oxygens (including phenoxy) is 1. The average Bonchev–Trinajstić information content (AvgIpc) is 3.11. The SMILES string of the molecule is Cn1cc(C2CN=C(N[C@@H]3C[C@@H]4CC[C@H]3O4)N2)cn1. The maximum absolute atomic E-state index is 5.85. The number of hydrogen-bond donors (Lipinski definition) is 2. The third-order valence-electron chi connectivity index (χ3n) is 4.30. The number of nitrogens with one attached hydrogen (secondary N) is 2. The lowest BCUT2D eigenvalue weighted by atomic mass is 9.96. The van der Waals surface area contributed by atoms with E-state index in [-0.39, 0.29) is 6.04 Å². The molecule has 0 radical (unpaired) electrons. The van der Waals surface area contributed by atoms with E-state index in [4.69, 9.17) is 4.74 Å². The molecule has 4 heterocycles. The summed E-state index contributed by atoms with van der Waals surface area (Å²) >= 11 is 0. The lowest BCUT2D eigenvalue weighted by Gasteiger charge is -2.21. The van der Waals surface area contributed by atoms with Crippen molar-refractivity contribution >= 4 is 5.96 Å². The standard InChI is InChI=1S/C13H19N5O/c1-18-7-8(5-15-18)11-6-14-13(17-11)16-10-4-9-2-3-12(10)19-9/h5,7,9-12H,2-4,6H2,1H3,(H2,14,16,17)/t9-,10+,11?,12+/m0/s1. The Morgan fingerprint density at radius 3 is 3.11 bits per heavy atom. The molecule has 6 heteroatoms. The Bertz CT molecular complexity index is 511. The second-order valence-corrected chi connectivity index (χ2v) is 5.69. The van der Waals surface area contributed by atoms with Crippen LogP contribution in [0, 0.1) is 0 Å². The van der Waals surface area contributed by atoms with Gasteiger partial charge in [-0.1, -0.05) is 0 Å². The van der Waals surface area contributed by atoms with Crippen LogP contribution in [0.5, 0.6) is 0 Å². The number of guanidine groups is 1. The molecule has 3 aliphatic rings. The molecule has 4 rings (SSSR count). The summed E-state index contributed by atoms with van der Waals surface area (Å²) in [6, 6.07) is 0.674. The molecular formula is C13H19N5O. The molecule has 2 saturated heterocycles. The highest BCUT2D eigenvalue weighted by molar-refractivity contribution is 5.82. The number of nitrogens with zero attached hydrogens (tertiary/aromatic N) is 3. The Morgan fingerprint density at radius 1 is 1.47 bits per heavy atom. The molecule has 0 aromatic carbocycles. The maximum atomic E-state index is 5.85. The van der Waals surface area contributed by atoms with Gasteiger partial charge in [-0.2, -0.15) is 5.10 Å². The summed E-state index contributed by atoms with van der Waals surface area (Å²) in [5, 5.41) is 11.1. The number of hydrogen-bond acceptors (Lipinski definition) is 5. The Labute approximate surface area is 112 Å². The van der Waals surface area contributed by atoms with Crippen molar-refractivity contribution in [1.82, 2.24) is 20.4 Å². The zero-order valence-corrected chi connectivity index (χ0v) is 11.0. The Balaban J connectivity index is 1.37. The van der Waals surface area contributed by atoms with Crippen LogP contribution in [0.2, 0.25) is 0 Å². The zero-order chi connectivity index (χ0) is 12.8. The van der Waals surface area contributed by atoms with Gasteiger partial charge in [0.1, 0.15) is 0 Å². The van der Waals surface area contributed by atoms with E-state index in [2.05, 4.69) is 20.7 Å². The van der Waals surface area contributed by atoms with Gasteiger partial charge in [-0.05, 0) is 19.3 Å². The van der Waals surface area contributed by atoms with Crippen LogP contribution in [0.3, 0.4) is 0 Å². The molecular weight excluding hydrogens is 242 g/mol. The van der Waals surface area contributed by atoms with Crippen molar-refractivity contribution in [3.63, 3.8) is 0 Å². The molecule has 102 valence electrons. The smallest absolute Gasteiger partial charge is 0.192 e. The van der Waals surface area contributed by atoms with Gasteiger partial charge < -0.3 is 15.4 Å². The fraction of sp³-hybridized carbons (Fsp3) is 0.692. The van der Waals surface area contributed by atoms with Crippen LogP contribution in [0.1, 0.15) is 30.9 Å². The predicted molar refractivity (Wildman–Crippen MR) is 70.8 cm³/mol. The van der Waals surface area contributed by atoms with Crippen LogP contribution in [-0.4, -0.2) is 40.5 Å². The van der Waals surface area contributed by atoms with E-state index >= 15 is 0 Å². The average molecular weight is 261 g/mol. The van der Waals surface area contributed by atoms with Gasteiger partial charge in [0, 0.05) is 18.8 Å². The molecule has 0 aliphatic carbocycles. The van der Waals surface area contributed by atoms with Crippen molar-refractivity contribution in [3.8, 4) is 0 Å². The summed E-state index contributed by atoms with van der Waals surface area (Å²) < 4.78 is 7.68. The number of aliphatic imine (C=N–C) groups is 1. The second kappa shape index (κ2) is 4.23. The van der Waals surface area contributed by atoms with E-state index in [9.17, 15) is 0 Å². The summed E-state index contributed by atoms with van der Waals surface area (Å²) in [6.45, 7) is 0.774. The normalized spacial score (nSPS) is 36.4. The molecule has 0 amide bonds. The third kappa shape index (κ3) is 2.00. The van der Waals surface area contributed by atoms with Crippen LogP contribution < -0.4 is 10.6 Å². The number of fused-ring (bicyclic) bond motifs is 2. The maximum Gasteiger partial charge on any atom is 0.192 e. The zero-order valence-electron chi connectivity index (χ0n) is 11.0. The molecule has 4 atom stereocenters. The highest BCUT2D eigenvalue weighted by Crippen LogP contribution is 2.34. The van der Waals surface area contributed by atoms with Gasteiger partial charge in [-0.15, -0.1) is 0 Å². The Kier molecular flexibility index (Phi) is 2.51. The molecule has 2 bridgehead atoms. The minimum Gasteiger partial charge on any atom is -0.373 e. The summed E-state index contributed by atoms with van der Waals surface area (Å²) in [5.74, 6) is 0.912. The van der Waals surface area contributed by atoms with E-state index < -0.39 is 0 Å². The van der Waals surface area contributed by atoms with Gasteiger partial charge in [0.15, 0.2) is 5.96 Å². The minimum atomic E-state index is 0.246. The van der Waals surface area contributed by atoms with Gasteiger partial charge in [0.05, 0.1) is 37.0 Å². The summed E-state index contributed by atoms with van der Waals surface area (Å²) in [5.41, 5.74) is 1.19. The Hall–Kier alpha value is -1.56. The predicted octanol–water partition coefficient (Wildman–Crippen LogP) is 0.330.